The van der Waals surface area contributed by atoms with Crippen molar-refractivity contribution in [2.75, 3.05) is 19.0 Å². The highest BCUT2D eigenvalue weighted by Crippen LogP contribution is 2.24. The fourth-order valence-electron chi connectivity index (χ4n) is 1.55. The molecule has 0 radical (unpaired) electrons. The highest BCUT2D eigenvalue weighted by atomic mass is 16.5. The van der Waals surface area contributed by atoms with Gasteiger partial charge in [0, 0.05) is 6.54 Å². The number of rotatable bonds is 5. The third-order valence-corrected chi connectivity index (χ3v) is 3.36. The molecule has 5 nitrogen and oxygen atoms in total. The minimum absolute atomic E-state index is 0.200. The predicted octanol–water partition coefficient (Wildman–Crippen LogP) is 1.79. The molecule has 1 rings (SSSR count). The Hall–Kier alpha value is -1.88. The maximum Gasteiger partial charge on any atom is 0.339 e. The second-order valence-corrected chi connectivity index (χ2v) is 4.61. The molecule has 0 saturated carbocycles. The number of nitrogens with one attached hydrogen (secondary N) is 1. The van der Waals surface area contributed by atoms with E-state index in [4.69, 9.17) is 5.73 Å². The maximum absolute atomic E-state index is 12.2. The summed E-state index contributed by atoms with van der Waals surface area (Å²) >= 11 is 0. The van der Waals surface area contributed by atoms with Gasteiger partial charge in [0.05, 0.1) is 23.8 Å². The van der Waals surface area contributed by atoms with Gasteiger partial charge in [-0.15, -0.1) is 0 Å². The fourth-order valence-corrected chi connectivity index (χ4v) is 1.55. The molecule has 0 saturated heterocycles. The molecule has 1 atom stereocenters. The number of benzene rings is 1. The van der Waals surface area contributed by atoms with Crippen molar-refractivity contribution in [2.24, 2.45) is 11.1 Å². The third-order valence-electron chi connectivity index (χ3n) is 3.36. The summed E-state index contributed by atoms with van der Waals surface area (Å²) < 4.78 is 4.68. The van der Waals surface area contributed by atoms with Crippen LogP contribution in [0.15, 0.2) is 24.3 Å². The van der Waals surface area contributed by atoms with Crippen molar-refractivity contribution < 1.29 is 14.3 Å². The van der Waals surface area contributed by atoms with Crippen LogP contribution in [0.1, 0.15) is 30.6 Å². The fraction of sp³-hybridized carbons (Fsp3) is 0.429. The van der Waals surface area contributed by atoms with E-state index in [0.717, 1.165) is 0 Å². The topological polar surface area (TPSA) is 81.4 Å². The van der Waals surface area contributed by atoms with Crippen LogP contribution in [0.3, 0.4) is 0 Å². The average molecular weight is 264 g/mol. The molecule has 0 spiro atoms. The molecule has 5 heteroatoms. The van der Waals surface area contributed by atoms with E-state index < -0.39 is 11.4 Å². The van der Waals surface area contributed by atoms with E-state index in [1.54, 1.807) is 31.2 Å². The molecule has 0 aliphatic carbocycles. The quantitative estimate of drug-likeness (QED) is 0.794. The van der Waals surface area contributed by atoms with Gasteiger partial charge in [-0.05, 0) is 25.5 Å². The second-order valence-electron chi connectivity index (χ2n) is 4.61. The molecule has 0 aromatic heterocycles. The molecule has 0 heterocycles. The summed E-state index contributed by atoms with van der Waals surface area (Å²) in [6, 6.07) is 6.72. The molecule has 0 aliphatic heterocycles. The van der Waals surface area contributed by atoms with Crippen LogP contribution in [0.4, 0.5) is 5.69 Å². The Labute approximate surface area is 113 Å². The number of para-hydroxylation sites is 1. The van der Waals surface area contributed by atoms with Gasteiger partial charge in [0.2, 0.25) is 5.91 Å². The van der Waals surface area contributed by atoms with E-state index in [1.807, 2.05) is 6.92 Å². The lowest BCUT2D eigenvalue weighted by Crippen LogP contribution is -2.39. The van der Waals surface area contributed by atoms with Crippen molar-refractivity contribution >= 4 is 17.6 Å². The number of ether oxygens (including phenoxy) is 1. The zero-order valence-electron chi connectivity index (χ0n) is 11.5. The number of amides is 1. The first-order chi connectivity index (χ1) is 8.98. The Morgan fingerprint density at radius 3 is 2.53 bits per heavy atom. The number of hydrogen-bond donors (Lipinski definition) is 2. The van der Waals surface area contributed by atoms with Crippen molar-refractivity contribution in [3.63, 3.8) is 0 Å². The minimum Gasteiger partial charge on any atom is -0.465 e. The van der Waals surface area contributed by atoms with Crippen LogP contribution < -0.4 is 11.1 Å². The van der Waals surface area contributed by atoms with E-state index in [9.17, 15) is 9.59 Å². The summed E-state index contributed by atoms with van der Waals surface area (Å²) in [7, 11) is 1.30. The molecule has 1 amide bonds. The van der Waals surface area contributed by atoms with Gasteiger partial charge in [0.1, 0.15) is 0 Å². The van der Waals surface area contributed by atoms with Crippen LogP contribution in [0.25, 0.3) is 0 Å². The van der Waals surface area contributed by atoms with E-state index in [2.05, 4.69) is 10.1 Å². The lowest BCUT2D eigenvalue weighted by molar-refractivity contribution is -0.124. The largest absolute Gasteiger partial charge is 0.465 e. The lowest BCUT2D eigenvalue weighted by Gasteiger charge is -2.25. The SMILES string of the molecule is CCC(C)(CN)C(=O)Nc1ccccc1C(=O)OC. The first-order valence-corrected chi connectivity index (χ1v) is 6.17. The van der Waals surface area contributed by atoms with Crippen molar-refractivity contribution in [3.8, 4) is 0 Å². The summed E-state index contributed by atoms with van der Waals surface area (Å²) in [6.07, 6.45) is 0.621. The molecule has 104 valence electrons. The maximum atomic E-state index is 12.2. The lowest BCUT2D eigenvalue weighted by atomic mass is 9.86. The number of methoxy groups -OCH3 is 1. The van der Waals surface area contributed by atoms with Crippen molar-refractivity contribution in [2.45, 2.75) is 20.3 Å². The molecule has 1 unspecified atom stereocenters. The summed E-state index contributed by atoms with van der Waals surface area (Å²) in [5.74, 6) is -0.685. The number of carbonyl (C=O) groups is 2. The standard InChI is InChI=1S/C14H20N2O3/c1-4-14(2,9-15)13(18)16-11-8-6-5-7-10(11)12(17)19-3/h5-8H,4,9,15H2,1-3H3,(H,16,18). The third kappa shape index (κ3) is 3.32. The normalized spacial score (nSPS) is 13.5. The van der Waals surface area contributed by atoms with E-state index in [1.165, 1.54) is 7.11 Å². The predicted molar refractivity (Wildman–Crippen MR) is 73.9 cm³/mol. The zero-order chi connectivity index (χ0) is 14.5. The van der Waals surface area contributed by atoms with E-state index in [-0.39, 0.29) is 12.5 Å². The van der Waals surface area contributed by atoms with Crippen molar-refractivity contribution in [3.05, 3.63) is 29.8 Å². The molecule has 0 fully saturated rings. The van der Waals surface area contributed by atoms with Gasteiger partial charge in [-0.25, -0.2) is 4.79 Å². The summed E-state index contributed by atoms with van der Waals surface area (Å²) in [5, 5.41) is 2.75. The van der Waals surface area contributed by atoms with Gasteiger partial charge in [-0.2, -0.15) is 0 Å². The van der Waals surface area contributed by atoms with Crippen LogP contribution >= 0.6 is 0 Å². The van der Waals surface area contributed by atoms with Crippen LogP contribution in [0.5, 0.6) is 0 Å². The highest BCUT2D eigenvalue weighted by molar-refractivity contribution is 6.02. The van der Waals surface area contributed by atoms with Gasteiger partial charge in [0.25, 0.3) is 0 Å². The highest BCUT2D eigenvalue weighted by Gasteiger charge is 2.30. The molecular weight excluding hydrogens is 244 g/mol. The summed E-state index contributed by atoms with van der Waals surface area (Å²) in [6.45, 7) is 3.94. The number of nitrogens with two attached hydrogens (primary N) is 1. The molecule has 0 aliphatic rings. The first kappa shape index (κ1) is 15.2. The van der Waals surface area contributed by atoms with Gasteiger partial charge in [-0.3, -0.25) is 4.79 Å². The van der Waals surface area contributed by atoms with Crippen LogP contribution in [0, 0.1) is 5.41 Å². The molecule has 0 bridgehead atoms. The Balaban J connectivity index is 3.00. The minimum atomic E-state index is -0.650. The first-order valence-electron chi connectivity index (χ1n) is 6.17. The Morgan fingerprint density at radius 2 is 2.00 bits per heavy atom. The number of carbonyl (C=O) groups excluding carboxylic acids is 2. The molecular formula is C14H20N2O3. The zero-order valence-corrected chi connectivity index (χ0v) is 11.5. The summed E-state index contributed by atoms with van der Waals surface area (Å²) in [5.41, 5.74) is 5.76. The Morgan fingerprint density at radius 1 is 1.37 bits per heavy atom. The van der Waals surface area contributed by atoms with E-state index >= 15 is 0 Å². The number of anilines is 1. The van der Waals surface area contributed by atoms with Gasteiger partial charge in [-0.1, -0.05) is 19.1 Å². The molecule has 3 N–H and O–H groups in total. The van der Waals surface area contributed by atoms with Gasteiger partial charge < -0.3 is 15.8 Å². The average Bonchev–Trinajstić information content (AvgIpc) is 2.46. The van der Waals surface area contributed by atoms with Crippen molar-refractivity contribution in [1.82, 2.24) is 0 Å². The van der Waals surface area contributed by atoms with Crippen LogP contribution in [0.2, 0.25) is 0 Å². The van der Waals surface area contributed by atoms with Crippen molar-refractivity contribution in [1.29, 1.82) is 0 Å². The number of esters is 1. The smallest absolute Gasteiger partial charge is 0.339 e. The molecule has 1 aromatic rings. The Bertz CT molecular complexity index is 468. The van der Waals surface area contributed by atoms with Gasteiger partial charge >= 0.3 is 5.97 Å². The number of hydrogen-bond acceptors (Lipinski definition) is 4. The summed E-state index contributed by atoms with van der Waals surface area (Å²) in [4.78, 5) is 23.8. The second kappa shape index (κ2) is 6.33. The molecule has 1 aromatic carbocycles. The van der Waals surface area contributed by atoms with Gasteiger partial charge in [0.15, 0.2) is 0 Å². The van der Waals surface area contributed by atoms with E-state index in [0.29, 0.717) is 17.7 Å². The van der Waals surface area contributed by atoms with Crippen LogP contribution in [-0.2, 0) is 9.53 Å². The Kier molecular flexibility index (Phi) is 5.06. The van der Waals surface area contributed by atoms with Crippen LogP contribution in [-0.4, -0.2) is 25.5 Å². The monoisotopic (exact) mass is 264 g/mol. The molecule has 19 heavy (non-hydrogen) atoms.